The van der Waals surface area contributed by atoms with Crippen LogP contribution in [0.15, 0.2) is 18.2 Å². The van der Waals surface area contributed by atoms with E-state index in [9.17, 15) is 9.90 Å². The lowest BCUT2D eigenvalue weighted by molar-refractivity contribution is 0.112. The Labute approximate surface area is 83.3 Å². The van der Waals surface area contributed by atoms with E-state index >= 15 is 0 Å². The summed E-state index contributed by atoms with van der Waals surface area (Å²) in [6.45, 7) is 3.90. The van der Waals surface area contributed by atoms with Crippen LogP contribution in [0.5, 0.6) is 11.5 Å². The molecule has 1 aromatic carbocycles. The number of rotatable bonds is 4. The first-order valence-electron chi connectivity index (χ1n) is 4.62. The molecule has 0 heterocycles. The number of phenols is 1. The van der Waals surface area contributed by atoms with Crippen molar-refractivity contribution in [2.75, 3.05) is 0 Å². The van der Waals surface area contributed by atoms with E-state index in [-0.39, 0.29) is 11.9 Å². The zero-order valence-electron chi connectivity index (χ0n) is 8.36. The Bertz CT molecular complexity index is 320. The molecule has 0 spiro atoms. The maximum Gasteiger partial charge on any atom is 0.162 e. The average molecular weight is 194 g/mol. The molecule has 1 N–H and O–H groups in total. The van der Waals surface area contributed by atoms with Crippen molar-refractivity contribution < 1.29 is 14.6 Å². The zero-order chi connectivity index (χ0) is 10.6. The van der Waals surface area contributed by atoms with Gasteiger partial charge in [-0.15, -0.1) is 0 Å². The molecule has 1 aromatic rings. The predicted molar refractivity (Wildman–Crippen MR) is 53.9 cm³/mol. The molecule has 0 aromatic heterocycles. The van der Waals surface area contributed by atoms with Gasteiger partial charge in [0, 0.05) is 5.56 Å². The number of benzene rings is 1. The summed E-state index contributed by atoms with van der Waals surface area (Å²) in [6.07, 6.45) is 1.61. The van der Waals surface area contributed by atoms with Gasteiger partial charge in [0.2, 0.25) is 0 Å². The van der Waals surface area contributed by atoms with Crippen LogP contribution >= 0.6 is 0 Å². The van der Waals surface area contributed by atoms with Crippen molar-refractivity contribution in [3.8, 4) is 11.5 Å². The summed E-state index contributed by atoms with van der Waals surface area (Å²) in [7, 11) is 0. The predicted octanol–water partition coefficient (Wildman–Crippen LogP) is 2.38. The number of hydrogen-bond acceptors (Lipinski definition) is 3. The van der Waals surface area contributed by atoms with Gasteiger partial charge < -0.3 is 9.84 Å². The summed E-state index contributed by atoms with van der Waals surface area (Å²) in [5, 5.41) is 9.43. The maximum absolute atomic E-state index is 10.5. The van der Waals surface area contributed by atoms with Gasteiger partial charge in [0.1, 0.15) is 6.29 Å². The third-order valence-electron chi connectivity index (χ3n) is 2.02. The molecule has 0 fully saturated rings. The van der Waals surface area contributed by atoms with E-state index in [1.54, 1.807) is 6.07 Å². The molecule has 1 rings (SSSR count). The molecule has 1 atom stereocenters. The van der Waals surface area contributed by atoms with Gasteiger partial charge >= 0.3 is 0 Å². The standard InChI is InChI=1S/C11H14O3/c1-3-8(2)14-11-6-9(7-12)4-5-10(11)13/h4-8,13H,3H2,1-2H3. The second-order valence-corrected chi connectivity index (χ2v) is 3.18. The quantitative estimate of drug-likeness (QED) is 0.748. The van der Waals surface area contributed by atoms with Crippen molar-refractivity contribution in [2.24, 2.45) is 0 Å². The molecule has 0 saturated heterocycles. The fraction of sp³-hybridized carbons (Fsp3) is 0.364. The van der Waals surface area contributed by atoms with E-state index < -0.39 is 0 Å². The van der Waals surface area contributed by atoms with Crippen molar-refractivity contribution in [3.63, 3.8) is 0 Å². The van der Waals surface area contributed by atoms with Gasteiger partial charge in [0.05, 0.1) is 6.10 Å². The number of carbonyl (C=O) groups is 1. The van der Waals surface area contributed by atoms with Crippen molar-refractivity contribution in [3.05, 3.63) is 23.8 Å². The first-order chi connectivity index (χ1) is 6.67. The number of hydrogen-bond donors (Lipinski definition) is 1. The molecule has 0 radical (unpaired) electrons. The smallest absolute Gasteiger partial charge is 0.162 e. The van der Waals surface area contributed by atoms with Crippen molar-refractivity contribution >= 4 is 6.29 Å². The van der Waals surface area contributed by atoms with Crippen LogP contribution < -0.4 is 4.74 Å². The highest BCUT2D eigenvalue weighted by atomic mass is 16.5. The zero-order valence-corrected chi connectivity index (χ0v) is 8.36. The number of aldehydes is 1. The summed E-state index contributed by atoms with van der Waals surface area (Å²) in [5.74, 6) is 0.430. The number of ether oxygens (including phenoxy) is 1. The van der Waals surface area contributed by atoms with Crippen LogP contribution in [-0.4, -0.2) is 17.5 Å². The minimum absolute atomic E-state index is 0.0304. The molecule has 14 heavy (non-hydrogen) atoms. The molecule has 0 amide bonds. The SMILES string of the molecule is CCC(C)Oc1cc(C=O)ccc1O. The molecule has 0 bridgehead atoms. The lowest BCUT2D eigenvalue weighted by Crippen LogP contribution is -2.09. The Hall–Kier alpha value is -1.51. The van der Waals surface area contributed by atoms with E-state index in [1.165, 1.54) is 12.1 Å². The normalized spacial score (nSPS) is 12.1. The van der Waals surface area contributed by atoms with Crippen LogP contribution in [0.1, 0.15) is 30.6 Å². The highest BCUT2D eigenvalue weighted by Crippen LogP contribution is 2.27. The van der Waals surface area contributed by atoms with E-state index in [4.69, 9.17) is 4.74 Å². The van der Waals surface area contributed by atoms with Crippen molar-refractivity contribution in [2.45, 2.75) is 26.4 Å². The van der Waals surface area contributed by atoms with E-state index in [0.717, 1.165) is 12.7 Å². The molecule has 3 heteroatoms. The molecular weight excluding hydrogens is 180 g/mol. The van der Waals surface area contributed by atoms with Crippen molar-refractivity contribution in [1.29, 1.82) is 0 Å². The number of aromatic hydroxyl groups is 1. The van der Waals surface area contributed by atoms with Gasteiger partial charge in [0.15, 0.2) is 11.5 Å². The molecule has 0 aliphatic heterocycles. The molecule has 3 nitrogen and oxygen atoms in total. The average Bonchev–Trinajstić information content (AvgIpc) is 2.21. The van der Waals surface area contributed by atoms with Gasteiger partial charge in [-0.3, -0.25) is 4.79 Å². The number of carbonyl (C=O) groups excluding carboxylic acids is 1. The first-order valence-corrected chi connectivity index (χ1v) is 4.62. The maximum atomic E-state index is 10.5. The third-order valence-corrected chi connectivity index (χ3v) is 2.02. The second kappa shape index (κ2) is 4.65. The highest BCUT2D eigenvalue weighted by molar-refractivity contribution is 5.76. The monoisotopic (exact) mass is 194 g/mol. The van der Waals surface area contributed by atoms with Crippen LogP contribution in [0.2, 0.25) is 0 Å². The van der Waals surface area contributed by atoms with Crippen LogP contribution in [0.3, 0.4) is 0 Å². The first kappa shape index (κ1) is 10.6. The van der Waals surface area contributed by atoms with Gasteiger partial charge in [-0.2, -0.15) is 0 Å². The van der Waals surface area contributed by atoms with E-state index in [1.807, 2.05) is 13.8 Å². The van der Waals surface area contributed by atoms with Gasteiger partial charge in [-0.05, 0) is 31.5 Å². The highest BCUT2D eigenvalue weighted by Gasteiger charge is 2.06. The molecule has 0 aliphatic carbocycles. The summed E-state index contributed by atoms with van der Waals surface area (Å²) in [6, 6.07) is 4.54. The molecule has 76 valence electrons. The number of phenolic OH excluding ortho intramolecular Hbond substituents is 1. The summed E-state index contributed by atoms with van der Waals surface area (Å²) < 4.78 is 5.43. The van der Waals surface area contributed by atoms with E-state index in [0.29, 0.717) is 11.3 Å². The third kappa shape index (κ3) is 2.49. The largest absolute Gasteiger partial charge is 0.504 e. The Morgan fingerprint density at radius 2 is 2.29 bits per heavy atom. The van der Waals surface area contributed by atoms with Gasteiger partial charge in [-0.25, -0.2) is 0 Å². The van der Waals surface area contributed by atoms with Crippen LogP contribution in [0.25, 0.3) is 0 Å². The second-order valence-electron chi connectivity index (χ2n) is 3.18. The Morgan fingerprint density at radius 1 is 1.57 bits per heavy atom. The minimum atomic E-state index is 0.0304. The Balaban J connectivity index is 2.88. The minimum Gasteiger partial charge on any atom is -0.504 e. The lowest BCUT2D eigenvalue weighted by Gasteiger charge is -2.13. The molecule has 0 saturated carbocycles. The summed E-state index contributed by atoms with van der Waals surface area (Å²) in [5.41, 5.74) is 0.501. The Morgan fingerprint density at radius 3 is 2.86 bits per heavy atom. The summed E-state index contributed by atoms with van der Waals surface area (Å²) >= 11 is 0. The fourth-order valence-corrected chi connectivity index (χ4v) is 0.998. The fourth-order valence-electron chi connectivity index (χ4n) is 0.998. The lowest BCUT2D eigenvalue weighted by atomic mass is 10.2. The van der Waals surface area contributed by atoms with Gasteiger partial charge in [0.25, 0.3) is 0 Å². The van der Waals surface area contributed by atoms with Gasteiger partial charge in [-0.1, -0.05) is 6.92 Å². The topological polar surface area (TPSA) is 46.5 Å². The molecular formula is C11H14O3. The van der Waals surface area contributed by atoms with Crippen LogP contribution in [-0.2, 0) is 0 Å². The van der Waals surface area contributed by atoms with E-state index in [2.05, 4.69) is 0 Å². The summed E-state index contributed by atoms with van der Waals surface area (Å²) in [4.78, 5) is 10.5. The van der Waals surface area contributed by atoms with Crippen LogP contribution in [0, 0.1) is 0 Å². The van der Waals surface area contributed by atoms with Crippen LogP contribution in [0.4, 0.5) is 0 Å². The Kier molecular flexibility index (Phi) is 3.51. The molecule has 0 aliphatic rings. The van der Waals surface area contributed by atoms with Crippen molar-refractivity contribution in [1.82, 2.24) is 0 Å². The molecule has 1 unspecified atom stereocenters.